The Morgan fingerprint density at radius 1 is 1.30 bits per heavy atom. The van der Waals surface area contributed by atoms with Gasteiger partial charge in [0.25, 0.3) is 5.56 Å². The Morgan fingerprint density at radius 2 is 2.04 bits per heavy atom. The number of sulfonamides is 1. The molecule has 1 aromatic heterocycles. The molecule has 1 saturated heterocycles. The van der Waals surface area contributed by atoms with E-state index in [-0.39, 0.29) is 16.4 Å². The first-order valence-electron chi connectivity index (χ1n) is 9.09. The molecule has 1 unspecified atom stereocenters. The summed E-state index contributed by atoms with van der Waals surface area (Å²) < 4.78 is 36.1. The van der Waals surface area contributed by atoms with Gasteiger partial charge in [-0.2, -0.15) is 0 Å². The highest BCUT2D eigenvalue weighted by molar-refractivity contribution is 7.89. The Morgan fingerprint density at radius 3 is 2.67 bits per heavy atom. The Bertz CT molecular complexity index is 1120. The Kier molecular flexibility index (Phi) is 4.28. The van der Waals surface area contributed by atoms with Crippen LogP contribution in [0.15, 0.2) is 32.7 Å². The quantitative estimate of drug-likeness (QED) is 0.807. The number of ether oxygens (including phenoxy) is 1. The van der Waals surface area contributed by atoms with Crippen molar-refractivity contribution in [2.24, 2.45) is 7.05 Å². The third-order valence-corrected chi connectivity index (χ3v) is 7.05. The van der Waals surface area contributed by atoms with Gasteiger partial charge in [-0.15, -0.1) is 0 Å². The van der Waals surface area contributed by atoms with Gasteiger partial charge >= 0.3 is 5.69 Å². The van der Waals surface area contributed by atoms with Crippen LogP contribution in [0.1, 0.15) is 32.6 Å². The maximum atomic E-state index is 12.6. The van der Waals surface area contributed by atoms with Gasteiger partial charge in [0.15, 0.2) is 0 Å². The van der Waals surface area contributed by atoms with Gasteiger partial charge in [-0.1, -0.05) is 0 Å². The predicted octanol–water partition coefficient (Wildman–Crippen LogP) is 0.710. The lowest BCUT2D eigenvalue weighted by Crippen LogP contribution is -2.40. The minimum atomic E-state index is -3.73. The predicted molar refractivity (Wildman–Crippen MR) is 100 cm³/mol. The van der Waals surface area contributed by atoms with Crippen LogP contribution in [-0.2, 0) is 28.4 Å². The third-order valence-electron chi connectivity index (χ3n) is 5.41. The fourth-order valence-electron chi connectivity index (χ4n) is 3.48. The molecule has 1 atom stereocenters. The summed E-state index contributed by atoms with van der Waals surface area (Å²) in [7, 11) is -2.33. The molecule has 1 saturated carbocycles. The maximum absolute atomic E-state index is 12.6. The van der Waals surface area contributed by atoms with E-state index in [0.29, 0.717) is 18.7 Å². The molecule has 1 aliphatic carbocycles. The van der Waals surface area contributed by atoms with Crippen LogP contribution >= 0.6 is 0 Å². The molecule has 27 heavy (non-hydrogen) atoms. The molecular formula is C18H23N3O5S. The SMILES string of the molecule is Cn1c(=O)c2cc(S(=O)(=O)NC3(C)CC3)ccc2n(CC2CCCO2)c1=O. The molecule has 2 aliphatic rings. The molecule has 2 aromatic rings. The van der Waals surface area contributed by atoms with Crippen LogP contribution in [0.2, 0.25) is 0 Å². The first-order chi connectivity index (χ1) is 12.7. The molecule has 0 radical (unpaired) electrons. The van der Waals surface area contributed by atoms with Crippen molar-refractivity contribution in [3.05, 3.63) is 39.0 Å². The summed E-state index contributed by atoms with van der Waals surface area (Å²) in [6.45, 7) is 2.85. The van der Waals surface area contributed by atoms with Crippen LogP contribution in [0, 0.1) is 0 Å². The second-order valence-corrected chi connectivity index (χ2v) is 9.42. The highest BCUT2D eigenvalue weighted by Crippen LogP contribution is 2.36. The highest BCUT2D eigenvalue weighted by atomic mass is 32.2. The number of fused-ring (bicyclic) bond motifs is 1. The Labute approximate surface area is 156 Å². The van der Waals surface area contributed by atoms with Crippen LogP contribution in [0.25, 0.3) is 10.9 Å². The first kappa shape index (κ1) is 18.4. The zero-order chi connectivity index (χ0) is 19.4. The van der Waals surface area contributed by atoms with E-state index in [0.717, 1.165) is 30.3 Å². The zero-order valence-corrected chi connectivity index (χ0v) is 16.2. The summed E-state index contributed by atoms with van der Waals surface area (Å²) >= 11 is 0. The molecule has 0 bridgehead atoms. The average molecular weight is 393 g/mol. The van der Waals surface area contributed by atoms with Crippen molar-refractivity contribution in [1.29, 1.82) is 0 Å². The second-order valence-electron chi connectivity index (χ2n) is 7.74. The highest BCUT2D eigenvalue weighted by Gasteiger charge is 2.41. The molecule has 0 amide bonds. The monoisotopic (exact) mass is 393 g/mol. The second kappa shape index (κ2) is 6.29. The number of aromatic nitrogens is 2. The number of hydrogen-bond donors (Lipinski definition) is 1. The van der Waals surface area contributed by atoms with Gasteiger partial charge < -0.3 is 4.74 Å². The van der Waals surface area contributed by atoms with Crippen molar-refractivity contribution in [3.8, 4) is 0 Å². The lowest BCUT2D eigenvalue weighted by atomic mass is 10.2. The van der Waals surface area contributed by atoms with Crippen LogP contribution in [0.5, 0.6) is 0 Å². The van der Waals surface area contributed by atoms with Crippen LogP contribution in [0.4, 0.5) is 0 Å². The van der Waals surface area contributed by atoms with Crippen molar-refractivity contribution in [2.45, 2.75) is 55.7 Å². The number of rotatable bonds is 5. The number of benzene rings is 1. The van der Waals surface area contributed by atoms with E-state index in [1.165, 1.54) is 29.8 Å². The fourth-order valence-corrected chi connectivity index (χ4v) is 4.97. The van der Waals surface area contributed by atoms with Gasteiger partial charge in [0.2, 0.25) is 10.0 Å². The number of nitrogens with zero attached hydrogens (tertiary/aromatic N) is 2. The summed E-state index contributed by atoms with van der Waals surface area (Å²) in [5.41, 5.74) is -0.914. The molecular weight excluding hydrogens is 370 g/mol. The first-order valence-corrected chi connectivity index (χ1v) is 10.6. The lowest BCUT2D eigenvalue weighted by Gasteiger charge is -2.17. The van der Waals surface area contributed by atoms with Crippen molar-refractivity contribution < 1.29 is 13.2 Å². The minimum absolute atomic E-state index is 0.0301. The summed E-state index contributed by atoms with van der Waals surface area (Å²) in [6.07, 6.45) is 3.30. The van der Waals surface area contributed by atoms with Crippen molar-refractivity contribution >= 4 is 20.9 Å². The molecule has 1 aromatic carbocycles. The van der Waals surface area contributed by atoms with E-state index in [1.807, 2.05) is 6.92 Å². The zero-order valence-electron chi connectivity index (χ0n) is 15.4. The van der Waals surface area contributed by atoms with Gasteiger partial charge in [0, 0.05) is 19.2 Å². The largest absolute Gasteiger partial charge is 0.376 e. The van der Waals surface area contributed by atoms with Gasteiger partial charge in [0.1, 0.15) is 0 Å². The van der Waals surface area contributed by atoms with Crippen LogP contribution in [0.3, 0.4) is 0 Å². The third kappa shape index (κ3) is 3.35. The standard InChI is InChI=1S/C18H23N3O5S/c1-18(7-8-18)19-27(24,25)13-5-6-15-14(10-13)16(22)20(2)17(23)21(15)11-12-4-3-9-26-12/h5-6,10,12,19H,3-4,7-9,11H2,1-2H3. The van der Waals surface area contributed by atoms with Crippen molar-refractivity contribution in [2.75, 3.05) is 6.61 Å². The molecule has 1 N–H and O–H groups in total. The van der Waals surface area contributed by atoms with Gasteiger partial charge in [-0.3, -0.25) is 13.9 Å². The molecule has 9 heteroatoms. The van der Waals surface area contributed by atoms with E-state index in [4.69, 9.17) is 4.74 Å². The van der Waals surface area contributed by atoms with Crippen molar-refractivity contribution in [3.63, 3.8) is 0 Å². The van der Waals surface area contributed by atoms with Crippen LogP contribution in [-0.4, -0.2) is 35.8 Å². The lowest BCUT2D eigenvalue weighted by molar-refractivity contribution is 0.0966. The van der Waals surface area contributed by atoms with Crippen LogP contribution < -0.4 is 16.0 Å². The summed E-state index contributed by atoms with van der Waals surface area (Å²) in [5, 5.41) is 0.207. The average Bonchev–Trinajstić information content (AvgIpc) is 3.12. The van der Waals surface area contributed by atoms with E-state index in [2.05, 4.69) is 4.72 Å². The van der Waals surface area contributed by atoms with E-state index < -0.39 is 26.8 Å². The summed E-state index contributed by atoms with van der Waals surface area (Å²) in [4.78, 5) is 25.3. The number of nitrogens with one attached hydrogen (secondary N) is 1. The van der Waals surface area contributed by atoms with E-state index in [9.17, 15) is 18.0 Å². The molecule has 4 rings (SSSR count). The number of hydrogen-bond acceptors (Lipinski definition) is 5. The Hall–Kier alpha value is -1.97. The summed E-state index contributed by atoms with van der Waals surface area (Å²) in [5.74, 6) is 0. The van der Waals surface area contributed by atoms with Gasteiger partial charge in [-0.05, 0) is 50.8 Å². The van der Waals surface area contributed by atoms with E-state index in [1.54, 1.807) is 0 Å². The molecule has 1 aliphatic heterocycles. The fraction of sp³-hybridized carbons (Fsp3) is 0.556. The maximum Gasteiger partial charge on any atom is 0.331 e. The van der Waals surface area contributed by atoms with Crippen molar-refractivity contribution in [1.82, 2.24) is 13.9 Å². The Balaban J connectivity index is 1.83. The molecule has 2 heterocycles. The van der Waals surface area contributed by atoms with Gasteiger partial charge in [-0.25, -0.2) is 17.9 Å². The topological polar surface area (TPSA) is 99.4 Å². The summed E-state index contributed by atoms with van der Waals surface area (Å²) in [6, 6.07) is 4.34. The smallest absolute Gasteiger partial charge is 0.331 e. The molecule has 146 valence electrons. The molecule has 8 nitrogen and oxygen atoms in total. The van der Waals surface area contributed by atoms with E-state index >= 15 is 0 Å². The molecule has 0 spiro atoms. The minimum Gasteiger partial charge on any atom is -0.376 e. The van der Waals surface area contributed by atoms with Gasteiger partial charge in [0.05, 0.1) is 28.4 Å². The normalized spacial score (nSPS) is 21.6. The molecule has 2 fully saturated rings.